The van der Waals surface area contributed by atoms with Crippen LogP contribution in [0.4, 0.5) is 11.4 Å². The van der Waals surface area contributed by atoms with Crippen LogP contribution in [0.1, 0.15) is 20.3 Å². The van der Waals surface area contributed by atoms with Crippen LogP contribution >= 0.6 is 11.3 Å². The summed E-state index contributed by atoms with van der Waals surface area (Å²) in [6, 6.07) is 10.8. The van der Waals surface area contributed by atoms with Crippen molar-refractivity contribution in [3.8, 4) is 5.75 Å². The van der Waals surface area contributed by atoms with E-state index in [9.17, 15) is 18.0 Å². The number of thiazole rings is 1. The molecular formula is C21H25N3O5S2. The number of methoxy groups -OCH3 is 1. The Kier molecular flexibility index (Phi) is 6.71. The molecule has 1 amide bonds. The lowest BCUT2D eigenvalue weighted by Crippen LogP contribution is -2.47. The second-order valence-electron chi connectivity index (χ2n) is 6.97. The van der Waals surface area contributed by atoms with Crippen LogP contribution in [-0.2, 0) is 21.4 Å². The van der Waals surface area contributed by atoms with E-state index >= 15 is 0 Å². The van der Waals surface area contributed by atoms with Crippen molar-refractivity contribution in [1.29, 1.82) is 0 Å². The second-order valence-corrected chi connectivity index (χ2v) is 9.82. The number of nitrogens with one attached hydrogen (secondary N) is 1. The number of aromatic nitrogens is 1. The van der Waals surface area contributed by atoms with E-state index in [1.807, 2.05) is 6.92 Å². The number of hydrogen-bond acceptors (Lipinski definition) is 6. The fraction of sp³-hybridized carbons (Fsp3) is 0.333. The summed E-state index contributed by atoms with van der Waals surface area (Å²) in [5, 5.41) is 2.80. The van der Waals surface area contributed by atoms with Crippen LogP contribution in [0.15, 0.2) is 47.3 Å². The van der Waals surface area contributed by atoms with Gasteiger partial charge in [0.1, 0.15) is 11.8 Å². The summed E-state index contributed by atoms with van der Waals surface area (Å²) in [6.45, 7) is 4.21. The fourth-order valence-corrected chi connectivity index (χ4v) is 5.68. The molecule has 10 heteroatoms. The lowest BCUT2D eigenvalue weighted by atomic mass is 10.1. The van der Waals surface area contributed by atoms with E-state index in [4.69, 9.17) is 4.74 Å². The minimum Gasteiger partial charge on any atom is -0.497 e. The summed E-state index contributed by atoms with van der Waals surface area (Å²) < 4.78 is 33.9. The lowest BCUT2D eigenvalue weighted by Gasteiger charge is -2.30. The highest BCUT2D eigenvalue weighted by Crippen LogP contribution is 2.27. The lowest BCUT2D eigenvalue weighted by molar-refractivity contribution is -0.117. The Labute approximate surface area is 185 Å². The zero-order valence-electron chi connectivity index (χ0n) is 17.8. The van der Waals surface area contributed by atoms with E-state index in [2.05, 4.69) is 5.32 Å². The third-order valence-electron chi connectivity index (χ3n) is 4.89. The number of fused-ring (bicyclic) bond motifs is 1. The summed E-state index contributed by atoms with van der Waals surface area (Å²) >= 11 is 1.11. The number of carbonyl (C=O) groups excluding carboxylic acids is 1. The molecule has 1 atom stereocenters. The number of rotatable bonds is 8. The molecule has 0 unspecified atom stereocenters. The molecule has 0 bridgehead atoms. The molecular weight excluding hydrogens is 438 g/mol. The standard InChI is InChI=1S/C21H25N3O5S2/c1-5-17(24(31(4,27)28)15-8-7-9-16(13-15)29-3)20(25)22-14-10-11-18-19(12-14)30-21(26)23(18)6-2/h7-13,17H,5-6H2,1-4H3,(H,22,25)/t17-/m0/s1. The Bertz CT molecular complexity index is 1260. The van der Waals surface area contributed by atoms with Gasteiger partial charge in [0.05, 0.1) is 29.3 Å². The third kappa shape index (κ3) is 4.75. The minimum absolute atomic E-state index is 0.0614. The second kappa shape index (κ2) is 9.11. The summed E-state index contributed by atoms with van der Waals surface area (Å²) in [4.78, 5) is 25.1. The van der Waals surface area contributed by atoms with Crippen molar-refractivity contribution < 1.29 is 17.9 Å². The normalized spacial score (nSPS) is 12.5. The SMILES string of the molecule is CC[C@@H](C(=O)Nc1ccc2c(c1)sc(=O)n2CC)N(c1cccc(OC)c1)S(C)(=O)=O. The van der Waals surface area contributed by atoms with Gasteiger partial charge in [0.2, 0.25) is 15.9 Å². The molecule has 166 valence electrons. The van der Waals surface area contributed by atoms with Gasteiger partial charge in [-0.25, -0.2) is 8.42 Å². The number of amides is 1. The Morgan fingerprint density at radius 3 is 2.58 bits per heavy atom. The number of hydrogen-bond donors (Lipinski definition) is 1. The van der Waals surface area contributed by atoms with Crippen LogP contribution in [-0.4, -0.2) is 38.3 Å². The van der Waals surface area contributed by atoms with Gasteiger partial charge in [-0.2, -0.15) is 0 Å². The maximum absolute atomic E-state index is 13.1. The van der Waals surface area contributed by atoms with Gasteiger partial charge in [-0.05, 0) is 43.7 Å². The Morgan fingerprint density at radius 1 is 1.23 bits per heavy atom. The molecule has 0 saturated carbocycles. The average Bonchev–Trinajstić information content (AvgIpc) is 3.04. The number of aryl methyl sites for hydroxylation is 1. The van der Waals surface area contributed by atoms with E-state index in [1.165, 1.54) is 7.11 Å². The van der Waals surface area contributed by atoms with Crippen LogP contribution in [0.5, 0.6) is 5.75 Å². The molecule has 0 aliphatic heterocycles. The largest absolute Gasteiger partial charge is 0.497 e. The molecule has 0 spiro atoms. The van der Waals surface area contributed by atoms with Gasteiger partial charge in [-0.1, -0.05) is 24.3 Å². The van der Waals surface area contributed by atoms with Gasteiger partial charge in [-0.15, -0.1) is 0 Å². The highest BCUT2D eigenvalue weighted by atomic mass is 32.2. The zero-order valence-corrected chi connectivity index (χ0v) is 19.4. The summed E-state index contributed by atoms with van der Waals surface area (Å²) in [6.07, 6.45) is 1.33. The van der Waals surface area contributed by atoms with Gasteiger partial charge < -0.3 is 10.1 Å². The predicted octanol–water partition coefficient (Wildman–Crippen LogP) is 3.27. The van der Waals surface area contributed by atoms with Crippen molar-refractivity contribution in [3.63, 3.8) is 0 Å². The summed E-state index contributed by atoms with van der Waals surface area (Å²) in [7, 11) is -2.27. The number of ether oxygens (including phenoxy) is 1. The molecule has 0 saturated heterocycles. The molecule has 1 aromatic heterocycles. The maximum Gasteiger partial charge on any atom is 0.308 e. The van der Waals surface area contributed by atoms with E-state index in [0.717, 1.165) is 32.1 Å². The van der Waals surface area contributed by atoms with Crippen LogP contribution in [0, 0.1) is 0 Å². The van der Waals surface area contributed by atoms with Crippen molar-refractivity contribution in [2.75, 3.05) is 23.0 Å². The van der Waals surface area contributed by atoms with Crippen LogP contribution in [0.2, 0.25) is 0 Å². The molecule has 8 nitrogen and oxygen atoms in total. The summed E-state index contributed by atoms with van der Waals surface area (Å²) in [5.74, 6) is 0.0274. The van der Waals surface area contributed by atoms with Crippen molar-refractivity contribution >= 4 is 48.9 Å². The van der Waals surface area contributed by atoms with Crippen molar-refractivity contribution in [3.05, 3.63) is 52.1 Å². The van der Waals surface area contributed by atoms with Crippen LogP contribution < -0.4 is 19.2 Å². The molecule has 1 N–H and O–H groups in total. The first-order chi connectivity index (χ1) is 14.7. The van der Waals surface area contributed by atoms with Crippen molar-refractivity contribution in [2.45, 2.75) is 32.9 Å². The predicted molar refractivity (Wildman–Crippen MR) is 125 cm³/mol. The zero-order chi connectivity index (χ0) is 22.8. The molecule has 3 aromatic rings. The fourth-order valence-electron chi connectivity index (χ4n) is 3.48. The monoisotopic (exact) mass is 463 g/mol. The third-order valence-corrected chi connectivity index (χ3v) is 7.01. The maximum atomic E-state index is 13.1. The highest BCUT2D eigenvalue weighted by molar-refractivity contribution is 7.92. The van der Waals surface area contributed by atoms with Gasteiger partial charge in [0, 0.05) is 18.3 Å². The van der Waals surface area contributed by atoms with Gasteiger partial charge >= 0.3 is 4.87 Å². The van der Waals surface area contributed by atoms with E-state index in [1.54, 1.807) is 54.0 Å². The Hall–Kier alpha value is -2.85. The van der Waals surface area contributed by atoms with Gasteiger partial charge in [0.25, 0.3) is 0 Å². The molecule has 2 aromatic carbocycles. The first-order valence-corrected chi connectivity index (χ1v) is 12.4. The number of benzene rings is 2. The quantitative estimate of drug-likeness (QED) is 0.553. The van der Waals surface area contributed by atoms with Crippen LogP contribution in [0.25, 0.3) is 10.2 Å². The highest BCUT2D eigenvalue weighted by Gasteiger charge is 2.32. The topological polar surface area (TPSA) is 97.7 Å². The van der Waals surface area contributed by atoms with E-state index < -0.39 is 22.0 Å². The number of sulfonamides is 1. The molecule has 1 heterocycles. The minimum atomic E-state index is -3.76. The summed E-state index contributed by atoms with van der Waals surface area (Å²) in [5.41, 5.74) is 1.65. The van der Waals surface area contributed by atoms with E-state index in [-0.39, 0.29) is 11.3 Å². The van der Waals surface area contributed by atoms with Crippen molar-refractivity contribution in [1.82, 2.24) is 4.57 Å². The molecule has 0 radical (unpaired) electrons. The van der Waals surface area contributed by atoms with Crippen molar-refractivity contribution in [2.24, 2.45) is 0 Å². The molecule has 3 rings (SSSR count). The first kappa shape index (κ1) is 22.8. The smallest absolute Gasteiger partial charge is 0.308 e. The van der Waals surface area contributed by atoms with Gasteiger partial charge in [-0.3, -0.25) is 18.5 Å². The first-order valence-electron chi connectivity index (χ1n) is 9.77. The number of anilines is 2. The van der Waals surface area contributed by atoms with Gasteiger partial charge in [0.15, 0.2) is 0 Å². The molecule has 0 fully saturated rings. The average molecular weight is 464 g/mol. The Balaban J connectivity index is 1.95. The Morgan fingerprint density at radius 2 is 1.97 bits per heavy atom. The molecule has 0 aliphatic rings. The number of nitrogens with zero attached hydrogens (tertiary/aromatic N) is 2. The number of carbonyl (C=O) groups is 1. The molecule has 31 heavy (non-hydrogen) atoms. The van der Waals surface area contributed by atoms with Crippen LogP contribution in [0.3, 0.4) is 0 Å². The molecule has 0 aliphatic carbocycles. The van der Waals surface area contributed by atoms with E-state index in [0.29, 0.717) is 23.7 Å².